The van der Waals surface area contributed by atoms with Gasteiger partial charge < -0.3 is 4.90 Å². The van der Waals surface area contributed by atoms with Crippen molar-refractivity contribution in [1.29, 1.82) is 0 Å². The number of hydrogen-bond acceptors (Lipinski definition) is 2. The van der Waals surface area contributed by atoms with Crippen molar-refractivity contribution in [2.75, 3.05) is 4.90 Å². The third kappa shape index (κ3) is 6.68. The summed E-state index contributed by atoms with van der Waals surface area (Å²) in [5, 5.41) is 0.682. The normalized spacial score (nSPS) is 10.9. The van der Waals surface area contributed by atoms with Crippen LogP contribution < -0.4 is 4.90 Å². The molecule has 0 fully saturated rings. The van der Waals surface area contributed by atoms with Crippen molar-refractivity contribution in [3.05, 3.63) is 185 Å². The van der Waals surface area contributed by atoms with Crippen molar-refractivity contribution in [1.82, 2.24) is 0 Å². The molecule has 0 unspecified atom stereocenters. The summed E-state index contributed by atoms with van der Waals surface area (Å²) in [6, 6.07) is 61.7. The molecule has 222 valence electrons. The van der Waals surface area contributed by atoms with Gasteiger partial charge in [0.2, 0.25) is 0 Å². The number of nitrogens with zero attached hydrogens (tertiary/aromatic N) is 1. The van der Waals surface area contributed by atoms with Crippen molar-refractivity contribution in [3.63, 3.8) is 0 Å². The lowest BCUT2D eigenvalue weighted by atomic mass is 9.94. The van der Waals surface area contributed by atoms with E-state index in [-0.39, 0.29) is 0 Å². The van der Waals surface area contributed by atoms with Gasteiger partial charge in [0.05, 0.1) is 5.69 Å². The molecule has 0 N–H and O–H groups in total. The minimum atomic E-state index is 0.682. The summed E-state index contributed by atoms with van der Waals surface area (Å²) in [6.45, 7) is 0. The molecular formula is C42H29BrClNS. The van der Waals surface area contributed by atoms with E-state index < -0.39 is 0 Å². The Morgan fingerprint density at radius 1 is 0.435 bits per heavy atom. The van der Waals surface area contributed by atoms with Crippen LogP contribution in [-0.4, -0.2) is 0 Å². The molecule has 0 aliphatic carbocycles. The predicted molar refractivity (Wildman–Crippen MR) is 201 cm³/mol. The smallest absolute Gasteiger partial charge is 0.0618 e. The van der Waals surface area contributed by atoms with Gasteiger partial charge in [0.25, 0.3) is 0 Å². The second kappa shape index (κ2) is 13.8. The Morgan fingerprint density at radius 2 is 0.957 bits per heavy atom. The molecule has 7 rings (SSSR count). The zero-order chi connectivity index (χ0) is 31.3. The van der Waals surface area contributed by atoms with Gasteiger partial charge in [-0.2, -0.15) is 0 Å². The molecule has 0 saturated heterocycles. The average molecular weight is 695 g/mol. The quantitative estimate of drug-likeness (QED) is 0.156. The second-order valence-electron chi connectivity index (χ2n) is 10.9. The molecule has 0 heterocycles. The van der Waals surface area contributed by atoms with E-state index in [0.717, 1.165) is 53.6 Å². The van der Waals surface area contributed by atoms with Gasteiger partial charge in [-0.25, -0.2) is 0 Å². The highest BCUT2D eigenvalue weighted by Crippen LogP contribution is 2.48. The highest BCUT2D eigenvalue weighted by molar-refractivity contribution is 9.10. The number of halogens is 2. The topological polar surface area (TPSA) is 3.24 Å². The molecule has 4 heteroatoms. The first kappa shape index (κ1) is 30.1. The third-order valence-electron chi connectivity index (χ3n) is 7.83. The van der Waals surface area contributed by atoms with E-state index in [0.29, 0.717) is 5.02 Å². The summed E-state index contributed by atoms with van der Waals surface area (Å²) in [6.07, 6.45) is 0. The maximum Gasteiger partial charge on any atom is 0.0618 e. The van der Waals surface area contributed by atoms with Crippen LogP contribution in [-0.2, 0) is 0 Å². The first-order valence-electron chi connectivity index (χ1n) is 15.1. The molecule has 0 spiro atoms. The fourth-order valence-electron chi connectivity index (χ4n) is 5.70. The average Bonchev–Trinajstić information content (AvgIpc) is 3.10. The minimum absolute atomic E-state index is 0.682. The van der Waals surface area contributed by atoms with Gasteiger partial charge in [-0.3, -0.25) is 0 Å². The lowest BCUT2D eigenvalue weighted by Crippen LogP contribution is -2.13. The fourth-order valence-corrected chi connectivity index (χ4v) is 7.17. The predicted octanol–water partition coefficient (Wildman–Crippen LogP) is 13.7. The van der Waals surface area contributed by atoms with Crippen molar-refractivity contribution in [2.24, 2.45) is 0 Å². The number of benzene rings is 7. The van der Waals surface area contributed by atoms with Crippen LogP contribution in [0.3, 0.4) is 0 Å². The Bertz CT molecular complexity index is 2010. The summed E-state index contributed by atoms with van der Waals surface area (Å²) in [4.78, 5) is 4.55. The Kier molecular flexibility index (Phi) is 9.07. The second-order valence-corrected chi connectivity index (χ2v) is 13.4. The summed E-state index contributed by atoms with van der Waals surface area (Å²) < 4.78 is 1.03. The van der Waals surface area contributed by atoms with Gasteiger partial charge in [0.1, 0.15) is 0 Å². The maximum absolute atomic E-state index is 6.93. The first-order chi connectivity index (χ1) is 22.6. The number of para-hydroxylation sites is 1. The van der Waals surface area contributed by atoms with Crippen molar-refractivity contribution < 1.29 is 0 Å². The minimum Gasteiger partial charge on any atom is -0.309 e. The molecule has 0 atom stereocenters. The lowest BCUT2D eigenvalue weighted by Gasteiger charge is -2.31. The van der Waals surface area contributed by atoms with E-state index in [1.165, 1.54) is 11.1 Å². The molecule has 0 aliphatic heterocycles. The van der Waals surface area contributed by atoms with E-state index in [4.69, 9.17) is 11.6 Å². The van der Waals surface area contributed by atoms with Crippen LogP contribution in [0, 0.1) is 0 Å². The Morgan fingerprint density at radius 3 is 1.52 bits per heavy atom. The molecule has 0 radical (unpaired) electrons. The van der Waals surface area contributed by atoms with Crippen molar-refractivity contribution in [2.45, 2.75) is 9.79 Å². The summed E-state index contributed by atoms with van der Waals surface area (Å²) in [5.74, 6) is 0. The SMILES string of the molecule is Clc1cc(Sc2ccc(-c3ccccc3)cc2)cc(N(c2ccc(Br)cc2)c2c(-c3ccccc3)cccc2-c2ccccc2)c1. The zero-order valence-corrected chi connectivity index (χ0v) is 28.0. The van der Waals surface area contributed by atoms with Gasteiger partial charge in [-0.1, -0.05) is 161 Å². The number of hydrogen-bond donors (Lipinski definition) is 0. The Balaban J connectivity index is 1.38. The standard InChI is InChI=1S/C42H29BrClNS/c43-34-21-23-36(24-22-34)45(42-40(32-13-6-2-7-14-32)17-10-18-41(42)33-15-8-3-9-16-33)37-27-35(44)28-39(29-37)46-38-25-19-31(20-26-38)30-11-4-1-5-12-30/h1-29H. The van der Waals surface area contributed by atoms with E-state index in [1.54, 1.807) is 11.8 Å². The highest BCUT2D eigenvalue weighted by atomic mass is 79.9. The molecule has 0 aliphatic rings. The lowest BCUT2D eigenvalue weighted by molar-refractivity contribution is 1.26. The van der Waals surface area contributed by atoms with Crippen LogP contribution in [0.2, 0.25) is 5.02 Å². The van der Waals surface area contributed by atoms with E-state index in [2.05, 4.69) is 185 Å². The van der Waals surface area contributed by atoms with Gasteiger partial charge in [0.15, 0.2) is 0 Å². The molecule has 0 saturated carbocycles. The first-order valence-corrected chi connectivity index (χ1v) is 17.0. The molecule has 1 nitrogen and oxygen atoms in total. The van der Waals surface area contributed by atoms with Crippen molar-refractivity contribution in [3.8, 4) is 33.4 Å². The third-order valence-corrected chi connectivity index (χ3v) is 9.55. The molecule has 0 bridgehead atoms. The van der Waals surface area contributed by atoms with Gasteiger partial charge in [-0.05, 0) is 76.9 Å². The molecule has 7 aromatic carbocycles. The monoisotopic (exact) mass is 693 g/mol. The van der Waals surface area contributed by atoms with Crippen LogP contribution in [0.5, 0.6) is 0 Å². The van der Waals surface area contributed by atoms with Gasteiger partial charge in [-0.15, -0.1) is 0 Å². The Hall–Kier alpha value is -4.54. The maximum atomic E-state index is 6.93. The fraction of sp³-hybridized carbons (Fsp3) is 0. The van der Waals surface area contributed by atoms with Crippen molar-refractivity contribution >= 4 is 56.4 Å². The Labute approximate surface area is 288 Å². The number of rotatable bonds is 8. The van der Waals surface area contributed by atoms with Crippen LogP contribution in [0.1, 0.15) is 0 Å². The van der Waals surface area contributed by atoms with E-state index in [1.807, 2.05) is 12.1 Å². The molecule has 46 heavy (non-hydrogen) atoms. The molecule has 0 amide bonds. The van der Waals surface area contributed by atoms with E-state index >= 15 is 0 Å². The van der Waals surface area contributed by atoms with Gasteiger partial charge >= 0.3 is 0 Å². The van der Waals surface area contributed by atoms with E-state index in [9.17, 15) is 0 Å². The molecular weight excluding hydrogens is 666 g/mol. The van der Waals surface area contributed by atoms with Crippen LogP contribution in [0.4, 0.5) is 17.1 Å². The number of anilines is 3. The summed E-state index contributed by atoms with van der Waals surface area (Å²) >= 11 is 12.3. The highest BCUT2D eigenvalue weighted by Gasteiger charge is 2.22. The molecule has 7 aromatic rings. The molecule has 0 aromatic heterocycles. The summed E-state index contributed by atoms with van der Waals surface area (Å²) in [5.41, 5.74) is 10.1. The summed E-state index contributed by atoms with van der Waals surface area (Å²) in [7, 11) is 0. The van der Waals surface area contributed by atoms with Crippen LogP contribution >= 0.6 is 39.3 Å². The van der Waals surface area contributed by atoms with Gasteiger partial charge in [0, 0.05) is 41.8 Å². The largest absolute Gasteiger partial charge is 0.309 e. The van der Waals surface area contributed by atoms with Crippen LogP contribution in [0.25, 0.3) is 33.4 Å². The zero-order valence-electron chi connectivity index (χ0n) is 24.9. The van der Waals surface area contributed by atoms with Crippen LogP contribution in [0.15, 0.2) is 190 Å².